The zero-order valence-corrected chi connectivity index (χ0v) is 22.4. The van der Waals surface area contributed by atoms with Crippen molar-refractivity contribution in [3.63, 3.8) is 0 Å². The Hall–Kier alpha value is 0.821. The number of halogens is 2. The van der Waals surface area contributed by atoms with Crippen LogP contribution in [-0.4, -0.2) is 17.7 Å². The van der Waals surface area contributed by atoms with E-state index in [9.17, 15) is 0 Å². The van der Waals surface area contributed by atoms with Crippen molar-refractivity contribution in [1.29, 1.82) is 0 Å². The standard InChI is InChI=1S/C21H33SSi.2ClH.Ti/c1-16(2)22-21(23(7,8)18-11-9-10-12-18)14-13-17(3)15-19(21)20(4,5)6;;;/h9,11,13,15-16H,10,14H2,1-8H3;2*1H;/q;;;+2/p-2. The summed E-state index contributed by atoms with van der Waals surface area (Å²) in [7, 11) is -1.71. The third-order valence-electron chi connectivity index (χ3n) is 5.38. The van der Waals surface area contributed by atoms with Gasteiger partial charge in [-0.25, -0.2) is 0 Å². The van der Waals surface area contributed by atoms with Gasteiger partial charge in [0.2, 0.25) is 0 Å². The van der Waals surface area contributed by atoms with E-state index in [2.05, 4.69) is 111 Å². The molecule has 0 bridgehead atoms. The minimum absolute atomic E-state index is 0. The van der Waals surface area contributed by atoms with E-state index in [1.807, 2.05) is 0 Å². The fraction of sp³-hybridized carbons (Fsp3) is 0.619. The first-order valence-electron chi connectivity index (χ1n) is 9.11. The van der Waals surface area contributed by atoms with Crippen molar-refractivity contribution < 1.29 is 45.2 Å². The van der Waals surface area contributed by atoms with Crippen LogP contribution in [0.15, 0.2) is 44.5 Å². The zero-order valence-electron chi connectivity index (χ0n) is 17.5. The Balaban J connectivity index is 0.00000312. The normalized spacial score (nSPS) is 23.5. The van der Waals surface area contributed by atoms with Gasteiger partial charge in [0.15, 0.2) is 0 Å². The maximum atomic E-state index is 2.62. The minimum atomic E-state index is -1.71. The van der Waals surface area contributed by atoms with Gasteiger partial charge in [-0.2, -0.15) is 0 Å². The first kappa shape index (κ1) is 26.8. The molecule has 2 aliphatic carbocycles. The number of thioether (sulfide) groups is 1. The Morgan fingerprint density at radius 1 is 1.19 bits per heavy atom. The molecule has 1 unspecified atom stereocenters. The van der Waals surface area contributed by atoms with Crippen LogP contribution in [0.25, 0.3) is 0 Å². The summed E-state index contributed by atoms with van der Waals surface area (Å²) < 4.78 is 1.86. The number of rotatable bonds is 4. The van der Waals surface area contributed by atoms with Gasteiger partial charge in [0.25, 0.3) is 0 Å². The predicted molar refractivity (Wildman–Crippen MR) is 110 cm³/mol. The van der Waals surface area contributed by atoms with Crippen molar-refractivity contribution >= 4 is 19.8 Å². The van der Waals surface area contributed by atoms with Crippen LogP contribution in [-0.2, 0) is 20.4 Å². The van der Waals surface area contributed by atoms with E-state index in [0.717, 1.165) is 6.42 Å². The minimum Gasteiger partial charge on any atom is -1.00 e. The van der Waals surface area contributed by atoms with Crippen LogP contribution in [0.3, 0.4) is 0 Å². The molecule has 0 aromatic carbocycles. The quantitative estimate of drug-likeness (QED) is 0.554. The van der Waals surface area contributed by atoms with Gasteiger partial charge in [0, 0.05) is 0 Å². The van der Waals surface area contributed by atoms with E-state index in [1.165, 1.54) is 12.0 Å². The van der Waals surface area contributed by atoms with Crippen LogP contribution in [0.2, 0.25) is 13.1 Å². The summed E-state index contributed by atoms with van der Waals surface area (Å²) in [6.45, 7) is 19.5. The summed E-state index contributed by atoms with van der Waals surface area (Å²) in [6, 6.07) is 0. The molecule has 0 nitrogen and oxygen atoms in total. The summed E-state index contributed by atoms with van der Waals surface area (Å²) >= 11 is 4.59. The Morgan fingerprint density at radius 2 is 1.77 bits per heavy atom. The second-order valence-corrected chi connectivity index (χ2v) is 16.9. The second-order valence-electron chi connectivity index (χ2n) is 9.08. The van der Waals surface area contributed by atoms with Gasteiger partial charge in [0.1, 0.15) is 0 Å². The van der Waals surface area contributed by atoms with Gasteiger partial charge in [-0.15, -0.1) is 0 Å². The van der Waals surface area contributed by atoms with Crippen molar-refractivity contribution in [3.8, 4) is 0 Å². The Labute approximate surface area is 191 Å². The monoisotopic (exact) mass is 463 g/mol. The summed E-state index contributed by atoms with van der Waals surface area (Å²) in [5.74, 6) is 0. The fourth-order valence-electron chi connectivity index (χ4n) is 4.20. The van der Waals surface area contributed by atoms with Crippen molar-refractivity contribution in [3.05, 3.63) is 44.5 Å². The molecule has 145 valence electrons. The maximum Gasteiger partial charge on any atom is -1.00 e. The average molecular weight is 464 g/mol. The van der Waals surface area contributed by atoms with Gasteiger partial charge in [-0.3, -0.25) is 0 Å². The third-order valence-corrected chi connectivity index (χ3v) is 14.0. The van der Waals surface area contributed by atoms with E-state index in [-0.39, 0.29) is 34.6 Å². The molecular weight excluding hydrogens is 431 g/mol. The first-order valence-corrected chi connectivity index (χ1v) is 13.8. The molecule has 2 aliphatic rings. The Bertz CT molecular complexity index is 639. The Morgan fingerprint density at radius 3 is 2.19 bits per heavy atom. The topological polar surface area (TPSA) is 0 Å². The predicted octanol–water partition coefficient (Wildman–Crippen LogP) is 0.745. The molecule has 5 heteroatoms. The largest absolute Gasteiger partial charge is 1.00 e. The maximum absolute atomic E-state index is 2.62. The van der Waals surface area contributed by atoms with Crippen LogP contribution in [0.5, 0.6) is 0 Å². The molecule has 0 heterocycles. The van der Waals surface area contributed by atoms with E-state index < -0.39 is 8.07 Å². The molecule has 2 rings (SSSR count). The molecule has 0 N–H and O–H groups in total. The molecule has 0 fully saturated rings. The van der Waals surface area contributed by atoms with Gasteiger partial charge >= 0.3 is 167 Å². The van der Waals surface area contributed by atoms with Gasteiger partial charge in [-0.1, -0.05) is 0 Å². The van der Waals surface area contributed by atoms with Crippen LogP contribution in [0.4, 0.5) is 0 Å². The molecule has 0 spiro atoms. The molecule has 0 radical (unpaired) electrons. The fourth-order valence-corrected chi connectivity index (χ4v) is 13.2. The molecule has 0 saturated heterocycles. The molecule has 0 amide bonds. The summed E-state index contributed by atoms with van der Waals surface area (Å²) in [6.07, 6.45) is 12.2. The van der Waals surface area contributed by atoms with E-state index in [4.69, 9.17) is 0 Å². The second kappa shape index (κ2) is 9.55. The van der Waals surface area contributed by atoms with E-state index in [0.29, 0.717) is 5.25 Å². The van der Waals surface area contributed by atoms with Gasteiger partial charge < -0.3 is 24.8 Å². The van der Waals surface area contributed by atoms with Crippen molar-refractivity contribution in [2.24, 2.45) is 5.41 Å². The number of hydrogen-bond donors (Lipinski definition) is 0. The molecule has 0 aromatic heterocycles. The summed E-state index contributed by atoms with van der Waals surface area (Å²) in [5, 5.41) is 2.33. The molecule has 26 heavy (non-hydrogen) atoms. The summed E-state index contributed by atoms with van der Waals surface area (Å²) in [5.41, 5.74) is 3.32. The molecule has 1 atom stereocenters. The molecular formula is C21H33Cl2SSiTi. The van der Waals surface area contributed by atoms with E-state index in [1.54, 1.807) is 14.6 Å². The van der Waals surface area contributed by atoms with Crippen molar-refractivity contribution in [1.82, 2.24) is 0 Å². The van der Waals surface area contributed by atoms with Crippen LogP contribution in [0.1, 0.15) is 54.4 Å². The van der Waals surface area contributed by atoms with Crippen molar-refractivity contribution in [2.75, 3.05) is 0 Å². The van der Waals surface area contributed by atoms with Crippen LogP contribution >= 0.6 is 11.8 Å². The van der Waals surface area contributed by atoms with Gasteiger partial charge in [-0.05, 0) is 0 Å². The van der Waals surface area contributed by atoms with Crippen LogP contribution in [0, 0.1) is 5.41 Å². The molecule has 0 aliphatic heterocycles. The molecule has 0 saturated carbocycles. The smallest absolute Gasteiger partial charge is 1.00 e. The SMILES string of the molecule is CC1=CCC(SC(C)C)([Si](C)(C)C2=[C]([Ti+2])CC=C2)C(C(C)(C)C)=C1.[Cl-].[Cl-]. The summed E-state index contributed by atoms with van der Waals surface area (Å²) in [4.78, 5) is 0. The van der Waals surface area contributed by atoms with Crippen molar-refractivity contribution in [2.45, 2.75) is 77.1 Å². The zero-order chi connectivity index (χ0) is 18.3. The Kier molecular flexibility index (Phi) is 9.85. The van der Waals surface area contributed by atoms with Gasteiger partial charge in [0.05, 0.1) is 0 Å². The molecule has 0 aromatic rings. The third kappa shape index (κ3) is 5.05. The first-order chi connectivity index (χ1) is 10.9. The number of allylic oxidation sites excluding steroid dienone is 7. The van der Waals surface area contributed by atoms with Crippen LogP contribution < -0.4 is 24.8 Å². The number of hydrogen-bond acceptors (Lipinski definition) is 1. The average Bonchev–Trinajstić information content (AvgIpc) is 2.86. The van der Waals surface area contributed by atoms with E-state index >= 15 is 0 Å².